The van der Waals surface area contributed by atoms with Crippen LogP contribution in [0.15, 0.2) is 53.4 Å². The van der Waals surface area contributed by atoms with Crippen LogP contribution in [-0.2, 0) is 10.0 Å². The van der Waals surface area contributed by atoms with Crippen LogP contribution in [-0.4, -0.2) is 15.0 Å². The third-order valence-corrected chi connectivity index (χ3v) is 5.37. The molecule has 0 saturated heterocycles. The van der Waals surface area contributed by atoms with Crippen molar-refractivity contribution in [1.82, 2.24) is 0 Å². The molecule has 0 atom stereocenters. The second kappa shape index (κ2) is 5.85. The first-order valence-electron chi connectivity index (χ1n) is 6.30. The number of aryl methyl sites for hydroxylation is 1. The van der Waals surface area contributed by atoms with Gasteiger partial charge in [-0.05, 0) is 43.7 Å². The fourth-order valence-electron chi connectivity index (χ4n) is 2.02. The smallest absolute Gasteiger partial charge is 0.265 e. The molecule has 0 radical (unpaired) electrons. The van der Waals surface area contributed by atoms with E-state index in [0.717, 1.165) is 5.56 Å². The summed E-state index contributed by atoms with van der Waals surface area (Å²) >= 11 is 6.10. The van der Waals surface area contributed by atoms with Gasteiger partial charge in [0, 0.05) is 6.54 Å². The minimum Gasteiger partial charge on any atom is -0.267 e. The van der Waals surface area contributed by atoms with Gasteiger partial charge in [0.25, 0.3) is 10.0 Å². The molecule has 20 heavy (non-hydrogen) atoms. The van der Waals surface area contributed by atoms with Crippen LogP contribution in [0.25, 0.3) is 0 Å². The van der Waals surface area contributed by atoms with E-state index >= 15 is 0 Å². The van der Waals surface area contributed by atoms with Crippen LogP contribution in [0, 0.1) is 6.92 Å². The molecule has 2 aromatic carbocycles. The van der Waals surface area contributed by atoms with Crippen molar-refractivity contribution in [3.05, 3.63) is 59.1 Å². The van der Waals surface area contributed by atoms with E-state index in [0.29, 0.717) is 12.2 Å². The van der Waals surface area contributed by atoms with Gasteiger partial charge in [-0.3, -0.25) is 4.31 Å². The predicted molar refractivity (Wildman–Crippen MR) is 82.8 cm³/mol. The van der Waals surface area contributed by atoms with Crippen LogP contribution >= 0.6 is 11.6 Å². The molecule has 0 aliphatic carbocycles. The van der Waals surface area contributed by atoms with Crippen molar-refractivity contribution in [2.75, 3.05) is 10.8 Å². The van der Waals surface area contributed by atoms with Crippen LogP contribution < -0.4 is 4.31 Å². The SMILES string of the molecule is CCN(c1ccccc1)S(=O)(=O)c1ccc(C)cc1Cl. The zero-order valence-corrected chi connectivity index (χ0v) is 12.9. The number of para-hydroxylation sites is 1. The van der Waals surface area contributed by atoms with Gasteiger partial charge in [-0.2, -0.15) is 0 Å². The molecule has 0 bridgehead atoms. The third-order valence-electron chi connectivity index (χ3n) is 2.99. The van der Waals surface area contributed by atoms with Gasteiger partial charge in [-0.1, -0.05) is 35.9 Å². The van der Waals surface area contributed by atoms with Crippen LogP contribution in [0.1, 0.15) is 12.5 Å². The van der Waals surface area contributed by atoms with E-state index in [9.17, 15) is 8.42 Å². The van der Waals surface area contributed by atoms with E-state index in [-0.39, 0.29) is 9.92 Å². The number of halogens is 1. The summed E-state index contributed by atoms with van der Waals surface area (Å²) in [6.45, 7) is 4.01. The molecule has 0 N–H and O–H groups in total. The first-order valence-corrected chi connectivity index (χ1v) is 8.12. The maximum absolute atomic E-state index is 12.7. The van der Waals surface area contributed by atoms with Gasteiger partial charge in [0.05, 0.1) is 10.7 Å². The molecule has 0 aliphatic rings. The van der Waals surface area contributed by atoms with Crippen LogP contribution in [0.3, 0.4) is 0 Å². The third kappa shape index (κ3) is 2.81. The molecule has 106 valence electrons. The number of rotatable bonds is 4. The molecular weight excluding hydrogens is 294 g/mol. The lowest BCUT2D eigenvalue weighted by Gasteiger charge is -2.23. The molecule has 2 rings (SSSR count). The van der Waals surface area contributed by atoms with Crippen molar-refractivity contribution in [1.29, 1.82) is 0 Å². The number of hydrogen-bond acceptors (Lipinski definition) is 2. The van der Waals surface area contributed by atoms with Gasteiger partial charge in [-0.15, -0.1) is 0 Å². The second-order valence-electron chi connectivity index (χ2n) is 4.44. The van der Waals surface area contributed by atoms with Gasteiger partial charge in [0.15, 0.2) is 0 Å². The largest absolute Gasteiger partial charge is 0.267 e. The molecule has 0 spiro atoms. The Kier molecular flexibility index (Phi) is 4.35. The van der Waals surface area contributed by atoms with E-state index in [1.807, 2.05) is 25.1 Å². The minimum atomic E-state index is -3.65. The Hall–Kier alpha value is -1.52. The second-order valence-corrected chi connectivity index (χ2v) is 6.68. The predicted octanol–water partition coefficient (Wildman–Crippen LogP) is 3.86. The molecule has 0 unspecified atom stereocenters. The first kappa shape index (κ1) is 14.9. The summed E-state index contributed by atoms with van der Waals surface area (Å²) in [6, 6.07) is 14.0. The highest BCUT2D eigenvalue weighted by molar-refractivity contribution is 7.93. The van der Waals surface area contributed by atoms with Crippen molar-refractivity contribution in [3.63, 3.8) is 0 Å². The van der Waals surface area contributed by atoms with Gasteiger partial charge >= 0.3 is 0 Å². The highest BCUT2D eigenvalue weighted by atomic mass is 35.5. The summed E-state index contributed by atoms with van der Waals surface area (Å²) in [6.07, 6.45) is 0. The molecule has 2 aromatic rings. The van der Waals surface area contributed by atoms with Crippen LogP contribution in [0.5, 0.6) is 0 Å². The van der Waals surface area contributed by atoms with E-state index < -0.39 is 10.0 Å². The Balaban J connectivity index is 2.53. The molecule has 0 amide bonds. The normalized spacial score (nSPS) is 11.3. The highest BCUT2D eigenvalue weighted by Gasteiger charge is 2.25. The summed E-state index contributed by atoms with van der Waals surface area (Å²) < 4.78 is 26.8. The van der Waals surface area contributed by atoms with E-state index in [1.165, 1.54) is 4.31 Å². The Morgan fingerprint density at radius 3 is 2.30 bits per heavy atom. The number of hydrogen-bond donors (Lipinski definition) is 0. The van der Waals surface area contributed by atoms with Gasteiger partial charge in [0.2, 0.25) is 0 Å². The molecule has 0 fully saturated rings. The molecular formula is C15H16ClNO2S. The Labute approximate surface area is 124 Å². The van der Waals surface area contributed by atoms with Crippen molar-refractivity contribution >= 4 is 27.3 Å². The lowest BCUT2D eigenvalue weighted by molar-refractivity contribution is 0.592. The minimum absolute atomic E-state index is 0.135. The number of sulfonamides is 1. The monoisotopic (exact) mass is 309 g/mol. The fourth-order valence-corrected chi connectivity index (χ4v) is 4.07. The summed E-state index contributed by atoms with van der Waals surface area (Å²) in [5.74, 6) is 0. The Bertz CT molecular complexity index is 699. The Morgan fingerprint density at radius 2 is 1.75 bits per heavy atom. The molecule has 0 saturated carbocycles. The van der Waals surface area contributed by atoms with Crippen LogP contribution in [0.2, 0.25) is 5.02 Å². The van der Waals surface area contributed by atoms with Gasteiger partial charge in [0.1, 0.15) is 4.90 Å². The number of benzene rings is 2. The average molecular weight is 310 g/mol. The lowest BCUT2D eigenvalue weighted by atomic mass is 10.2. The van der Waals surface area contributed by atoms with E-state index in [2.05, 4.69) is 0 Å². The van der Waals surface area contributed by atoms with Crippen molar-refractivity contribution in [3.8, 4) is 0 Å². The van der Waals surface area contributed by atoms with Gasteiger partial charge in [-0.25, -0.2) is 8.42 Å². The lowest BCUT2D eigenvalue weighted by Crippen LogP contribution is -2.30. The molecule has 0 aromatic heterocycles. The summed E-state index contributed by atoms with van der Waals surface area (Å²) in [5.41, 5.74) is 1.56. The zero-order valence-electron chi connectivity index (χ0n) is 11.4. The zero-order chi connectivity index (χ0) is 14.8. The van der Waals surface area contributed by atoms with E-state index in [1.54, 1.807) is 37.3 Å². The van der Waals surface area contributed by atoms with E-state index in [4.69, 9.17) is 11.6 Å². The first-order chi connectivity index (χ1) is 9.46. The average Bonchev–Trinajstić information content (AvgIpc) is 2.40. The number of anilines is 1. The molecule has 3 nitrogen and oxygen atoms in total. The standard InChI is InChI=1S/C15H16ClNO2S/c1-3-17(13-7-5-4-6-8-13)20(18,19)15-10-9-12(2)11-14(15)16/h4-11H,3H2,1-2H3. The molecule has 5 heteroatoms. The molecule has 0 heterocycles. The topological polar surface area (TPSA) is 37.4 Å². The summed E-state index contributed by atoms with van der Waals surface area (Å²) in [5, 5.41) is 0.249. The maximum Gasteiger partial charge on any atom is 0.265 e. The Morgan fingerprint density at radius 1 is 1.10 bits per heavy atom. The van der Waals surface area contributed by atoms with Crippen molar-refractivity contribution in [2.45, 2.75) is 18.7 Å². The van der Waals surface area contributed by atoms with Gasteiger partial charge < -0.3 is 0 Å². The molecule has 0 aliphatic heterocycles. The fraction of sp³-hybridized carbons (Fsp3) is 0.200. The maximum atomic E-state index is 12.7. The highest BCUT2D eigenvalue weighted by Crippen LogP contribution is 2.28. The number of nitrogens with zero attached hydrogens (tertiary/aromatic N) is 1. The summed E-state index contributed by atoms with van der Waals surface area (Å²) in [7, 11) is -3.65. The van der Waals surface area contributed by atoms with Crippen LogP contribution in [0.4, 0.5) is 5.69 Å². The summed E-state index contributed by atoms with van der Waals surface area (Å²) in [4.78, 5) is 0.135. The van der Waals surface area contributed by atoms with Crippen molar-refractivity contribution < 1.29 is 8.42 Å². The quantitative estimate of drug-likeness (QED) is 0.860. The van der Waals surface area contributed by atoms with Crippen molar-refractivity contribution in [2.24, 2.45) is 0 Å².